The van der Waals surface area contributed by atoms with Crippen molar-refractivity contribution in [3.8, 4) is 0 Å². The number of carboxylic acid groups (broad SMARTS) is 1. The molecule has 0 aromatic carbocycles. The summed E-state index contributed by atoms with van der Waals surface area (Å²) in [7, 11) is 1.72. The van der Waals surface area contributed by atoms with Gasteiger partial charge in [-0.05, 0) is 31.4 Å². The van der Waals surface area contributed by atoms with Crippen LogP contribution in [0.15, 0.2) is 18.3 Å². The van der Waals surface area contributed by atoms with Gasteiger partial charge in [-0.1, -0.05) is 0 Å². The van der Waals surface area contributed by atoms with Crippen LogP contribution in [0.4, 0.5) is 0 Å². The molecule has 0 aliphatic heterocycles. The first kappa shape index (κ1) is 13.0. The van der Waals surface area contributed by atoms with Crippen molar-refractivity contribution in [2.24, 2.45) is 0 Å². The van der Waals surface area contributed by atoms with E-state index >= 15 is 0 Å². The molecule has 5 heteroatoms. The molecule has 1 aliphatic rings. The van der Waals surface area contributed by atoms with E-state index in [4.69, 9.17) is 9.84 Å². The van der Waals surface area contributed by atoms with Crippen LogP contribution in [0.5, 0.6) is 0 Å². The van der Waals surface area contributed by atoms with E-state index in [2.05, 4.69) is 10.3 Å². The van der Waals surface area contributed by atoms with Crippen LogP contribution >= 0.6 is 0 Å². The molecule has 2 unspecified atom stereocenters. The molecule has 1 aromatic heterocycles. The second kappa shape index (κ2) is 5.93. The molecule has 98 valence electrons. The van der Waals surface area contributed by atoms with E-state index in [1.165, 1.54) is 0 Å². The fraction of sp³-hybridized carbons (Fsp3) is 0.538. The van der Waals surface area contributed by atoms with Crippen molar-refractivity contribution < 1.29 is 14.6 Å². The van der Waals surface area contributed by atoms with Crippen molar-refractivity contribution in [2.75, 3.05) is 7.11 Å². The SMILES string of the molecule is COC1CCCC1NCc1ncccc1C(=O)O. The number of hydrogen-bond donors (Lipinski definition) is 2. The maximum absolute atomic E-state index is 11.0. The molecule has 5 nitrogen and oxygen atoms in total. The summed E-state index contributed by atoms with van der Waals surface area (Å²) < 4.78 is 5.39. The van der Waals surface area contributed by atoms with E-state index in [0.717, 1.165) is 19.3 Å². The summed E-state index contributed by atoms with van der Waals surface area (Å²) in [5.41, 5.74) is 0.837. The number of carbonyl (C=O) groups is 1. The Hall–Kier alpha value is -1.46. The Balaban J connectivity index is 2.00. The summed E-state index contributed by atoms with van der Waals surface area (Å²) in [4.78, 5) is 15.2. The lowest BCUT2D eigenvalue weighted by Gasteiger charge is -2.19. The van der Waals surface area contributed by atoms with Gasteiger partial charge in [0.05, 0.1) is 17.4 Å². The summed E-state index contributed by atoms with van der Waals surface area (Å²) in [6.45, 7) is 0.465. The van der Waals surface area contributed by atoms with Gasteiger partial charge >= 0.3 is 5.97 Å². The molecule has 1 aliphatic carbocycles. The van der Waals surface area contributed by atoms with Gasteiger partial charge < -0.3 is 15.2 Å². The Kier molecular flexibility index (Phi) is 4.28. The third-order valence-corrected chi connectivity index (χ3v) is 3.41. The largest absolute Gasteiger partial charge is 0.478 e. The smallest absolute Gasteiger partial charge is 0.337 e. The number of pyridine rings is 1. The Morgan fingerprint density at radius 2 is 2.44 bits per heavy atom. The zero-order chi connectivity index (χ0) is 13.0. The topological polar surface area (TPSA) is 71.5 Å². The Morgan fingerprint density at radius 3 is 3.17 bits per heavy atom. The lowest BCUT2D eigenvalue weighted by molar-refractivity contribution is 0.0694. The number of rotatable bonds is 5. The van der Waals surface area contributed by atoms with Gasteiger partial charge in [-0.3, -0.25) is 4.98 Å². The van der Waals surface area contributed by atoms with Gasteiger partial charge in [0.15, 0.2) is 0 Å². The molecule has 0 saturated heterocycles. The van der Waals surface area contributed by atoms with Crippen LogP contribution in [-0.4, -0.2) is 35.3 Å². The average Bonchev–Trinajstić information content (AvgIpc) is 2.84. The normalized spacial score (nSPS) is 23.2. The fourth-order valence-electron chi connectivity index (χ4n) is 2.44. The van der Waals surface area contributed by atoms with Crippen molar-refractivity contribution in [1.29, 1.82) is 0 Å². The molecule has 0 spiro atoms. The van der Waals surface area contributed by atoms with E-state index in [1.54, 1.807) is 25.4 Å². The van der Waals surface area contributed by atoms with E-state index in [9.17, 15) is 4.79 Å². The summed E-state index contributed by atoms with van der Waals surface area (Å²) in [5, 5.41) is 12.4. The zero-order valence-electron chi connectivity index (χ0n) is 10.4. The van der Waals surface area contributed by atoms with Gasteiger partial charge in [0, 0.05) is 25.9 Å². The molecule has 2 atom stereocenters. The first-order valence-electron chi connectivity index (χ1n) is 6.15. The molecule has 18 heavy (non-hydrogen) atoms. The number of carboxylic acids is 1. The molecule has 1 aromatic rings. The lowest BCUT2D eigenvalue weighted by atomic mass is 10.1. The van der Waals surface area contributed by atoms with Gasteiger partial charge in [-0.2, -0.15) is 0 Å². The van der Waals surface area contributed by atoms with Crippen LogP contribution in [0.2, 0.25) is 0 Å². The molecular weight excluding hydrogens is 232 g/mol. The molecule has 2 rings (SSSR count). The van der Waals surface area contributed by atoms with Crippen molar-refractivity contribution in [1.82, 2.24) is 10.3 Å². The van der Waals surface area contributed by atoms with Gasteiger partial charge in [-0.15, -0.1) is 0 Å². The second-order valence-electron chi connectivity index (χ2n) is 4.50. The molecule has 1 saturated carbocycles. The van der Waals surface area contributed by atoms with Gasteiger partial charge in [0.2, 0.25) is 0 Å². The number of nitrogens with one attached hydrogen (secondary N) is 1. The first-order chi connectivity index (χ1) is 8.72. The Labute approximate surface area is 106 Å². The highest BCUT2D eigenvalue weighted by atomic mass is 16.5. The standard InChI is InChI=1S/C13H18N2O3/c1-18-12-6-2-5-10(12)15-8-11-9(13(16)17)4-3-7-14-11/h3-4,7,10,12,15H,2,5-6,8H2,1H3,(H,16,17). The van der Waals surface area contributed by atoms with Crippen LogP contribution < -0.4 is 5.32 Å². The third-order valence-electron chi connectivity index (χ3n) is 3.41. The highest BCUT2D eigenvalue weighted by Gasteiger charge is 2.26. The third kappa shape index (κ3) is 2.86. The molecular formula is C13H18N2O3. The van der Waals surface area contributed by atoms with Crippen molar-refractivity contribution in [2.45, 2.75) is 38.0 Å². The predicted octanol–water partition coefficient (Wildman–Crippen LogP) is 1.44. The average molecular weight is 250 g/mol. The minimum atomic E-state index is -0.936. The number of ether oxygens (including phenoxy) is 1. The Bertz CT molecular complexity index is 422. The quantitative estimate of drug-likeness (QED) is 0.827. The highest BCUT2D eigenvalue weighted by molar-refractivity contribution is 5.88. The molecule has 1 heterocycles. The predicted molar refractivity (Wildman–Crippen MR) is 66.5 cm³/mol. The van der Waals surface area contributed by atoms with Crippen molar-refractivity contribution in [3.63, 3.8) is 0 Å². The summed E-state index contributed by atoms with van der Waals surface area (Å²) in [6, 6.07) is 3.51. The van der Waals surface area contributed by atoms with Crippen LogP contribution in [0.1, 0.15) is 35.3 Å². The van der Waals surface area contributed by atoms with Crippen molar-refractivity contribution >= 4 is 5.97 Å². The van der Waals surface area contributed by atoms with Crippen LogP contribution in [-0.2, 0) is 11.3 Å². The molecule has 0 bridgehead atoms. The van der Waals surface area contributed by atoms with Crippen LogP contribution in [0.3, 0.4) is 0 Å². The van der Waals surface area contributed by atoms with E-state index < -0.39 is 5.97 Å². The number of hydrogen-bond acceptors (Lipinski definition) is 4. The number of methoxy groups -OCH3 is 1. The number of aromatic carboxylic acids is 1. The maximum atomic E-state index is 11.0. The van der Waals surface area contributed by atoms with E-state index in [1.807, 2.05) is 0 Å². The fourth-order valence-corrected chi connectivity index (χ4v) is 2.44. The summed E-state index contributed by atoms with van der Waals surface area (Å²) >= 11 is 0. The number of nitrogens with zero attached hydrogens (tertiary/aromatic N) is 1. The monoisotopic (exact) mass is 250 g/mol. The van der Waals surface area contributed by atoms with E-state index in [0.29, 0.717) is 18.3 Å². The van der Waals surface area contributed by atoms with Gasteiger partial charge in [-0.25, -0.2) is 4.79 Å². The van der Waals surface area contributed by atoms with Crippen LogP contribution in [0, 0.1) is 0 Å². The minimum Gasteiger partial charge on any atom is -0.478 e. The zero-order valence-corrected chi connectivity index (χ0v) is 10.4. The highest BCUT2D eigenvalue weighted by Crippen LogP contribution is 2.21. The summed E-state index contributed by atoms with van der Waals surface area (Å²) in [5.74, 6) is -0.936. The van der Waals surface area contributed by atoms with Gasteiger partial charge in [0.25, 0.3) is 0 Å². The lowest BCUT2D eigenvalue weighted by Crippen LogP contribution is -2.36. The molecule has 0 amide bonds. The maximum Gasteiger partial charge on any atom is 0.337 e. The first-order valence-corrected chi connectivity index (χ1v) is 6.15. The van der Waals surface area contributed by atoms with Crippen LogP contribution in [0.25, 0.3) is 0 Å². The van der Waals surface area contributed by atoms with E-state index in [-0.39, 0.29) is 11.7 Å². The Morgan fingerprint density at radius 1 is 1.61 bits per heavy atom. The van der Waals surface area contributed by atoms with Gasteiger partial charge in [0.1, 0.15) is 0 Å². The molecule has 1 fully saturated rings. The second-order valence-corrected chi connectivity index (χ2v) is 4.50. The minimum absolute atomic E-state index is 0.224. The molecule has 2 N–H and O–H groups in total. The summed E-state index contributed by atoms with van der Waals surface area (Å²) in [6.07, 6.45) is 5.11. The van der Waals surface area contributed by atoms with Crippen molar-refractivity contribution in [3.05, 3.63) is 29.6 Å². The number of aromatic nitrogens is 1. The molecule has 0 radical (unpaired) electrons.